The van der Waals surface area contributed by atoms with Crippen LogP contribution in [0.25, 0.3) is 0 Å². The monoisotopic (exact) mass is 730 g/mol. The first-order chi connectivity index (χ1) is 22.4. The van der Waals surface area contributed by atoms with Gasteiger partial charge in [-0.05, 0) is 0 Å². The molecule has 0 unspecified atom stereocenters. The molecule has 0 saturated heterocycles. The molecule has 2 aliphatic carbocycles. The van der Waals surface area contributed by atoms with Crippen molar-refractivity contribution in [2.24, 2.45) is 0 Å². The number of allylic oxidation sites excluding steroid dienone is 8. The van der Waals surface area contributed by atoms with Gasteiger partial charge in [-0.1, -0.05) is 0 Å². The van der Waals surface area contributed by atoms with Crippen LogP contribution in [0.5, 0.6) is 0 Å². The summed E-state index contributed by atoms with van der Waals surface area (Å²) in [5, 5.41) is 0. The van der Waals surface area contributed by atoms with Crippen LogP contribution >= 0.6 is 0 Å². The molecule has 13 heteroatoms. The summed E-state index contributed by atoms with van der Waals surface area (Å²) >= 11 is -5.02. The van der Waals surface area contributed by atoms with Crippen LogP contribution in [-0.2, 0) is 49.5 Å². The molecule has 0 aromatic heterocycles. The van der Waals surface area contributed by atoms with Crippen LogP contribution in [-0.4, -0.2) is 41.4 Å². The van der Waals surface area contributed by atoms with E-state index in [1.54, 1.807) is 48.6 Å². The molecular formula is C34H42F4N2O4S2Ti. The quantitative estimate of drug-likeness (QED) is 0.152. The Kier molecular flexibility index (Phi) is 13.1. The Hall–Kier alpha value is -2.35. The predicted molar refractivity (Wildman–Crippen MR) is 177 cm³/mol. The maximum atomic E-state index is 16.9. The predicted octanol–water partition coefficient (Wildman–Crippen LogP) is 5.70. The average Bonchev–Trinajstić information content (AvgIpc) is 3.76. The Balaban J connectivity index is 1.84. The van der Waals surface area contributed by atoms with E-state index in [0.717, 1.165) is 12.1 Å². The Labute approximate surface area is 279 Å². The first-order valence-electron chi connectivity index (χ1n) is 16.0. The van der Waals surface area contributed by atoms with Gasteiger partial charge in [0, 0.05) is 0 Å². The number of halogens is 4. The molecule has 47 heavy (non-hydrogen) atoms. The summed E-state index contributed by atoms with van der Waals surface area (Å²) in [4.78, 5) is 0. The van der Waals surface area contributed by atoms with Crippen LogP contribution < -0.4 is 17.2 Å². The van der Waals surface area contributed by atoms with Gasteiger partial charge in [0.15, 0.2) is 0 Å². The molecule has 2 aromatic rings. The van der Waals surface area contributed by atoms with E-state index >= 15 is 17.6 Å². The molecule has 0 aliphatic heterocycles. The first kappa shape index (κ1) is 37.5. The van der Waals surface area contributed by atoms with E-state index in [1.165, 1.54) is 12.1 Å². The molecule has 4 rings (SSSR count). The SMILES string of the molecule is CCCCS(=O)(=O)NCCc1ccc(F)[c]([Ti]([c]2c(F)ccc(CCNS(=O)(=O)CCCC)c2F)([CH]2C=CC=C2)[CH]2C=CC=C2)c1F. The third-order valence-corrected chi connectivity index (χ3v) is 20.1. The Bertz CT molecular complexity index is 1620. The minimum absolute atomic E-state index is 0.0324. The molecule has 2 N–H and O–H groups in total. The molecule has 0 heterocycles. The van der Waals surface area contributed by atoms with Gasteiger partial charge in [0.1, 0.15) is 0 Å². The fourth-order valence-electron chi connectivity index (χ4n) is 6.32. The van der Waals surface area contributed by atoms with Crippen molar-refractivity contribution in [1.82, 2.24) is 9.44 Å². The number of benzene rings is 2. The third-order valence-electron chi connectivity index (χ3n) is 8.68. The number of rotatable bonds is 18. The molecule has 6 nitrogen and oxygen atoms in total. The van der Waals surface area contributed by atoms with Gasteiger partial charge in [-0.2, -0.15) is 0 Å². The molecule has 0 atom stereocenters. The van der Waals surface area contributed by atoms with Crippen molar-refractivity contribution in [3.63, 3.8) is 0 Å². The summed E-state index contributed by atoms with van der Waals surface area (Å²) in [6.07, 6.45) is 15.8. The summed E-state index contributed by atoms with van der Waals surface area (Å²) in [6.45, 7) is 3.46. The van der Waals surface area contributed by atoms with E-state index in [-0.39, 0.29) is 56.3 Å². The molecular weight excluding hydrogens is 688 g/mol. The van der Waals surface area contributed by atoms with E-state index in [2.05, 4.69) is 9.44 Å². The normalized spacial score (nSPS) is 15.4. The Morgan fingerprint density at radius 2 is 0.979 bits per heavy atom. The van der Waals surface area contributed by atoms with Crippen LogP contribution in [0.15, 0.2) is 72.9 Å². The standard InChI is InChI=1S/2C12H16F2NO2S.2C5H5.Ti/c2*1-2-3-8-18(16,17)15-7-6-10-4-5-11(13)9-12(10)14;2*1-2-4-5-3-1;/h2*4-5,15H,2-3,6-8H2,1H3;2*1-5H;. The molecule has 0 saturated carbocycles. The van der Waals surface area contributed by atoms with Gasteiger partial charge in [-0.25, -0.2) is 0 Å². The van der Waals surface area contributed by atoms with Crippen molar-refractivity contribution >= 4 is 27.8 Å². The van der Waals surface area contributed by atoms with Crippen molar-refractivity contribution in [2.75, 3.05) is 24.6 Å². The Morgan fingerprint density at radius 3 is 1.32 bits per heavy atom. The molecule has 2 aliphatic rings. The van der Waals surface area contributed by atoms with Crippen molar-refractivity contribution in [3.8, 4) is 0 Å². The number of sulfonamides is 2. The zero-order chi connectivity index (χ0) is 34.2. The van der Waals surface area contributed by atoms with Crippen LogP contribution in [0.1, 0.15) is 50.7 Å². The van der Waals surface area contributed by atoms with Gasteiger partial charge in [0.25, 0.3) is 0 Å². The fourth-order valence-corrected chi connectivity index (χ4v) is 17.7. The van der Waals surface area contributed by atoms with E-state index in [1.807, 2.05) is 13.8 Å². The second-order valence-electron chi connectivity index (χ2n) is 11.9. The number of unbranched alkanes of at least 4 members (excludes halogenated alkanes) is 2. The minimum atomic E-state index is -5.02. The molecule has 0 spiro atoms. The van der Waals surface area contributed by atoms with Gasteiger partial charge in [-0.15, -0.1) is 0 Å². The molecule has 0 bridgehead atoms. The van der Waals surface area contributed by atoms with Gasteiger partial charge >= 0.3 is 281 Å². The summed E-state index contributed by atoms with van der Waals surface area (Å²) in [5.74, 6) is -3.87. The Morgan fingerprint density at radius 1 is 0.617 bits per heavy atom. The topological polar surface area (TPSA) is 92.3 Å². The molecule has 0 radical (unpaired) electrons. The zero-order valence-corrected chi connectivity index (χ0v) is 29.8. The second-order valence-corrected chi connectivity index (χ2v) is 22.1. The molecule has 0 fully saturated rings. The summed E-state index contributed by atoms with van der Waals surface area (Å²) in [6, 6.07) is 4.68. The summed E-state index contributed by atoms with van der Waals surface area (Å²) in [7, 11) is -7.19. The van der Waals surface area contributed by atoms with Crippen LogP contribution in [0.2, 0.25) is 8.45 Å². The first-order valence-corrected chi connectivity index (χ1v) is 22.6. The van der Waals surface area contributed by atoms with E-state index < -0.39 is 68.3 Å². The van der Waals surface area contributed by atoms with Gasteiger partial charge in [0.2, 0.25) is 0 Å². The number of hydrogen-bond donors (Lipinski definition) is 2. The van der Waals surface area contributed by atoms with Gasteiger partial charge < -0.3 is 0 Å². The van der Waals surface area contributed by atoms with Crippen molar-refractivity contribution in [3.05, 3.63) is 107 Å². The van der Waals surface area contributed by atoms with Crippen LogP contribution in [0.4, 0.5) is 17.6 Å². The molecule has 2 aromatic carbocycles. The van der Waals surface area contributed by atoms with Crippen molar-refractivity contribution in [1.29, 1.82) is 0 Å². The van der Waals surface area contributed by atoms with E-state index in [9.17, 15) is 16.8 Å². The summed E-state index contributed by atoms with van der Waals surface area (Å²) in [5.41, 5.74) is 0.0647. The van der Waals surface area contributed by atoms with Crippen molar-refractivity contribution < 1.29 is 51.0 Å². The second kappa shape index (κ2) is 16.4. The van der Waals surface area contributed by atoms with Crippen LogP contribution in [0.3, 0.4) is 0 Å². The fraction of sp³-hybridized carbons (Fsp3) is 0.412. The number of hydrogen-bond acceptors (Lipinski definition) is 4. The van der Waals surface area contributed by atoms with Gasteiger partial charge in [0.05, 0.1) is 0 Å². The van der Waals surface area contributed by atoms with E-state index in [4.69, 9.17) is 0 Å². The molecule has 0 amide bonds. The number of nitrogens with one attached hydrogen (secondary N) is 2. The van der Waals surface area contributed by atoms with Crippen molar-refractivity contribution in [2.45, 2.75) is 60.8 Å². The van der Waals surface area contributed by atoms with Crippen LogP contribution in [0, 0.1) is 23.3 Å². The summed E-state index contributed by atoms with van der Waals surface area (Å²) < 4.78 is 118. The van der Waals surface area contributed by atoms with E-state index in [0.29, 0.717) is 25.7 Å². The average molecular weight is 731 g/mol. The van der Waals surface area contributed by atoms with Gasteiger partial charge in [-0.3, -0.25) is 0 Å². The molecule has 256 valence electrons. The zero-order valence-electron chi connectivity index (χ0n) is 26.6. The third kappa shape index (κ3) is 8.64. The maximum absolute atomic E-state index is 16.9.